The molecule has 1 fully saturated rings. The second-order valence-corrected chi connectivity index (χ2v) is 6.23. The van der Waals surface area contributed by atoms with Gasteiger partial charge >= 0.3 is 0 Å². The molecular weight excluding hydrogens is 318 g/mol. The number of aryl methyl sites for hydroxylation is 1. The third-order valence-electron chi connectivity index (χ3n) is 4.55. The maximum atomic E-state index is 5.36. The predicted octanol–water partition coefficient (Wildman–Crippen LogP) is 1.09. The van der Waals surface area contributed by atoms with Crippen molar-refractivity contribution < 1.29 is 4.74 Å². The number of methoxy groups -OCH3 is 1. The molecule has 1 aliphatic rings. The molecule has 0 atom stereocenters. The van der Waals surface area contributed by atoms with Crippen LogP contribution in [0, 0.1) is 0 Å². The standard InChI is InChI=1S/C17H21N7O/c1-22-10-13(20-21-22)11-23-5-7-24(8-6-23)14-3-4-16-15(9-14)17(25-2)19-12-18-16/h3-4,9-10,12H,5-8,11H2,1-2H3. The Hall–Kier alpha value is -2.74. The number of fused-ring (bicyclic) bond motifs is 1. The van der Waals surface area contributed by atoms with Crippen molar-refractivity contribution in [3.8, 4) is 5.88 Å². The zero-order valence-electron chi connectivity index (χ0n) is 14.5. The van der Waals surface area contributed by atoms with Gasteiger partial charge in [-0.1, -0.05) is 5.21 Å². The molecule has 0 bridgehead atoms. The minimum absolute atomic E-state index is 0.619. The summed E-state index contributed by atoms with van der Waals surface area (Å²) in [5.74, 6) is 0.619. The minimum Gasteiger partial charge on any atom is -0.480 e. The smallest absolute Gasteiger partial charge is 0.224 e. The van der Waals surface area contributed by atoms with Gasteiger partial charge in [-0.05, 0) is 18.2 Å². The number of hydrogen-bond acceptors (Lipinski definition) is 7. The molecule has 0 N–H and O–H groups in total. The summed E-state index contributed by atoms with van der Waals surface area (Å²) in [6.45, 7) is 4.79. The highest BCUT2D eigenvalue weighted by atomic mass is 16.5. The summed E-state index contributed by atoms with van der Waals surface area (Å²) in [6, 6.07) is 6.26. The quantitative estimate of drug-likeness (QED) is 0.704. The van der Waals surface area contributed by atoms with E-state index in [9.17, 15) is 0 Å². The maximum absolute atomic E-state index is 5.36. The molecule has 1 aliphatic heterocycles. The van der Waals surface area contributed by atoms with E-state index in [0.29, 0.717) is 5.88 Å². The van der Waals surface area contributed by atoms with Gasteiger partial charge in [0.25, 0.3) is 0 Å². The van der Waals surface area contributed by atoms with E-state index in [1.165, 1.54) is 12.0 Å². The number of hydrogen-bond donors (Lipinski definition) is 0. The average Bonchev–Trinajstić information content (AvgIpc) is 3.06. The highest BCUT2D eigenvalue weighted by Crippen LogP contribution is 2.27. The Labute approximate surface area is 146 Å². The number of benzene rings is 1. The summed E-state index contributed by atoms with van der Waals surface area (Å²) in [6.07, 6.45) is 3.51. The fourth-order valence-electron chi connectivity index (χ4n) is 3.24. The van der Waals surface area contributed by atoms with Crippen molar-refractivity contribution in [3.63, 3.8) is 0 Å². The monoisotopic (exact) mass is 339 g/mol. The first-order valence-corrected chi connectivity index (χ1v) is 8.34. The molecule has 8 nitrogen and oxygen atoms in total. The van der Waals surface area contributed by atoms with Gasteiger partial charge in [-0.3, -0.25) is 9.58 Å². The molecule has 8 heteroatoms. The Balaban J connectivity index is 1.46. The Morgan fingerprint density at radius 1 is 1.12 bits per heavy atom. The van der Waals surface area contributed by atoms with Gasteiger partial charge in [-0.2, -0.15) is 0 Å². The van der Waals surface area contributed by atoms with Crippen LogP contribution >= 0.6 is 0 Å². The summed E-state index contributed by atoms with van der Waals surface area (Å²) in [4.78, 5) is 13.3. The minimum atomic E-state index is 0.619. The maximum Gasteiger partial charge on any atom is 0.224 e. The van der Waals surface area contributed by atoms with Crippen LogP contribution in [0.3, 0.4) is 0 Å². The number of rotatable bonds is 4. The van der Waals surface area contributed by atoms with Gasteiger partial charge in [0, 0.05) is 51.7 Å². The molecule has 4 rings (SSSR count). The molecule has 0 unspecified atom stereocenters. The molecule has 2 aromatic heterocycles. The van der Waals surface area contributed by atoms with Gasteiger partial charge in [-0.15, -0.1) is 5.10 Å². The third-order valence-corrected chi connectivity index (χ3v) is 4.55. The zero-order valence-corrected chi connectivity index (χ0v) is 14.5. The van der Waals surface area contributed by atoms with Gasteiger partial charge in [0.15, 0.2) is 0 Å². The molecular formula is C17H21N7O. The molecule has 0 spiro atoms. The SMILES string of the molecule is COc1ncnc2ccc(N3CCN(Cc4cn(C)nn4)CC3)cc12. The van der Waals surface area contributed by atoms with Gasteiger partial charge in [0.05, 0.1) is 23.7 Å². The molecule has 1 aromatic carbocycles. The van der Waals surface area contributed by atoms with Gasteiger partial charge in [0.1, 0.15) is 6.33 Å². The first-order valence-electron chi connectivity index (χ1n) is 8.34. The van der Waals surface area contributed by atoms with Crippen LogP contribution in [0.15, 0.2) is 30.7 Å². The van der Waals surface area contributed by atoms with Gasteiger partial charge in [0.2, 0.25) is 5.88 Å². The fourth-order valence-corrected chi connectivity index (χ4v) is 3.24. The fraction of sp³-hybridized carbons (Fsp3) is 0.412. The molecule has 130 valence electrons. The lowest BCUT2D eigenvalue weighted by Crippen LogP contribution is -2.46. The van der Waals surface area contributed by atoms with Crippen LogP contribution in [-0.2, 0) is 13.6 Å². The molecule has 0 saturated carbocycles. The molecule has 1 saturated heterocycles. The Morgan fingerprint density at radius 2 is 1.96 bits per heavy atom. The van der Waals surface area contributed by atoms with E-state index in [-0.39, 0.29) is 0 Å². The van der Waals surface area contributed by atoms with E-state index in [2.05, 4.69) is 42.2 Å². The topological polar surface area (TPSA) is 72.2 Å². The van der Waals surface area contributed by atoms with E-state index in [0.717, 1.165) is 49.3 Å². The second kappa shape index (κ2) is 6.64. The van der Waals surface area contributed by atoms with Crippen molar-refractivity contribution in [1.29, 1.82) is 0 Å². The van der Waals surface area contributed by atoms with Crippen LogP contribution in [0.25, 0.3) is 10.9 Å². The lowest BCUT2D eigenvalue weighted by molar-refractivity contribution is 0.247. The van der Waals surface area contributed by atoms with Crippen LogP contribution in [0.1, 0.15) is 5.69 Å². The summed E-state index contributed by atoms with van der Waals surface area (Å²) in [7, 11) is 3.53. The highest BCUT2D eigenvalue weighted by Gasteiger charge is 2.19. The van der Waals surface area contributed by atoms with Crippen LogP contribution in [-0.4, -0.2) is 63.2 Å². The molecule has 0 radical (unpaired) electrons. The molecule has 25 heavy (non-hydrogen) atoms. The summed E-state index contributed by atoms with van der Waals surface area (Å²) in [5, 5.41) is 9.11. The van der Waals surface area contributed by atoms with Crippen molar-refractivity contribution in [2.45, 2.75) is 6.54 Å². The van der Waals surface area contributed by atoms with Crippen LogP contribution in [0.4, 0.5) is 5.69 Å². The van der Waals surface area contributed by atoms with Gasteiger partial charge in [-0.25, -0.2) is 9.97 Å². The van der Waals surface area contributed by atoms with Crippen molar-refractivity contribution in [3.05, 3.63) is 36.4 Å². The molecule has 0 aliphatic carbocycles. The first kappa shape index (κ1) is 15.8. The Morgan fingerprint density at radius 3 is 2.68 bits per heavy atom. The van der Waals surface area contributed by atoms with Crippen molar-refractivity contribution >= 4 is 16.6 Å². The second-order valence-electron chi connectivity index (χ2n) is 6.23. The molecule has 3 heterocycles. The highest BCUT2D eigenvalue weighted by molar-refractivity contribution is 5.86. The van der Waals surface area contributed by atoms with Crippen LogP contribution in [0.2, 0.25) is 0 Å². The van der Waals surface area contributed by atoms with E-state index in [4.69, 9.17) is 4.74 Å². The number of ether oxygens (including phenoxy) is 1. The van der Waals surface area contributed by atoms with Gasteiger partial charge < -0.3 is 9.64 Å². The summed E-state index contributed by atoms with van der Waals surface area (Å²) in [5.41, 5.74) is 3.10. The summed E-state index contributed by atoms with van der Waals surface area (Å²) < 4.78 is 7.11. The van der Waals surface area contributed by atoms with E-state index in [1.807, 2.05) is 19.3 Å². The number of piperazine rings is 1. The largest absolute Gasteiger partial charge is 0.480 e. The number of aromatic nitrogens is 5. The van der Waals surface area contributed by atoms with Crippen molar-refractivity contribution in [2.24, 2.45) is 7.05 Å². The van der Waals surface area contributed by atoms with Crippen molar-refractivity contribution in [1.82, 2.24) is 29.9 Å². The Kier molecular flexibility index (Phi) is 4.19. The van der Waals surface area contributed by atoms with Crippen LogP contribution in [0.5, 0.6) is 5.88 Å². The number of anilines is 1. The summed E-state index contributed by atoms with van der Waals surface area (Å²) >= 11 is 0. The average molecular weight is 339 g/mol. The van der Waals surface area contributed by atoms with Crippen molar-refractivity contribution in [2.75, 3.05) is 38.2 Å². The predicted molar refractivity (Wildman–Crippen MR) is 94.6 cm³/mol. The Bertz CT molecular complexity index is 870. The normalized spacial score (nSPS) is 15.7. The molecule has 3 aromatic rings. The first-order chi connectivity index (χ1) is 12.2. The van der Waals surface area contributed by atoms with E-state index >= 15 is 0 Å². The third kappa shape index (κ3) is 3.25. The lowest BCUT2D eigenvalue weighted by atomic mass is 10.2. The van der Waals surface area contributed by atoms with Crippen LogP contribution < -0.4 is 9.64 Å². The number of nitrogens with zero attached hydrogens (tertiary/aromatic N) is 7. The van der Waals surface area contributed by atoms with E-state index < -0.39 is 0 Å². The lowest BCUT2D eigenvalue weighted by Gasteiger charge is -2.35. The molecule has 0 amide bonds. The zero-order chi connectivity index (χ0) is 17.2. The van der Waals surface area contributed by atoms with E-state index in [1.54, 1.807) is 11.8 Å².